The van der Waals surface area contributed by atoms with Gasteiger partial charge in [-0.2, -0.15) is 0 Å². The van der Waals surface area contributed by atoms with Crippen LogP contribution >= 0.6 is 0 Å². The minimum atomic E-state index is 0.343. The molecule has 2 N–H and O–H groups in total. The molecule has 0 aromatic carbocycles. The Morgan fingerprint density at radius 1 is 1.33 bits per heavy atom. The van der Waals surface area contributed by atoms with E-state index in [2.05, 4.69) is 11.1 Å². The van der Waals surface area contributed by atoms with E-state index in [4.69, 9.17) is 5.73 Å². The van der Waals surface area contributed by atoms with Crippen LogP contribution in [-0.2, 0) is 6.42 Å². The number of nitrogens with two attached hydrogens (primary N) is 1. The first-order valence-electron chi connectivity index (χ1n) is 6.02. The lowest BCUT2D eigenvalue weighted by molar-refractivity contribution is 0.481. The quantitative estimate of drug-likeness (QED) is 0.814. The Morgan fingerprint density at radius 3 is 2.80 bits per heavy atom. The van der Waals surface area contributed by atoms with E-state index in [9.17, 15) is 0 Å². The maximum absolute atomic E-state index is 6.26. The van der Waals surface area contributed by atoms with E-state index in [1.807, 2.05) is 18.3 Å². The maximum Gasteiger partial charge on any atom is 0.0419 e. The van der Waals surface area contributed by atoms with Gasteiger partial charge >= 0.3 is 0 Å². The standard InChI is InChI=1S/C13H18N2/c14-12(8-9-4-1-2-7-15-9)13-10-5-3-6-11(10)13/h1-2,4,7,10-13H,3,5-6,8,14H2. The molecule has 15 heavy (non-hydrogen) atoms. The molecule has 1 heterocycles. The largest absolute Gasteiger partial charge is 0.327 e. The minimum absolute atomic E-state index is 0.343. The first-order chi connectivity index (χ1) is 7.36. The normalized spacial score (nSPS) is 34.9. The van der Waals surface area contributed by atoms with Crippen LogP contribution in [0.15, 0.2) is 24.4 Å². The summed E-state index contributed by atoms with van der Waals surface area (Å²) in [7, 11) is 0. The number of hydrogen-bond donors (Lipinski definition) is 1. The molecule has 2 heteroatoms. The number of aromatic nitrogens is 1. The van der Waals surface area contributed by atoms with E-state index in [0.29, 0.717) is 6.04 Å². The molecule has 2 saturated carbocycles. The van der Waals surface area contributed by atoms with Gasteiger partial charge in [-0.1, -0.05) is 12.5 Å². The molecule has 0 radical (unpaired) electrons. The zero-order chi connectivity index (χ0) is 10.3. The Morgan fingerprint density at radius 2 is 2.13 bits per heavy atom. The average molecular weight is 202 g/mol. The first kappa shape index (κ1) is 9.34. The zero-order valence-electron chi connectivity index (χ0n) is 8.97. The lowest BCUT2D eigenvalue weighted by Gasteiger charge is -2.12. The summed E-state index contributed by atoms with van der Waals surface area (Å²) in [5.74, 6) is 2.73. The fraction of sp³-hybridized carbons (Fsp3) is 0.615. The van der Waals surface area contributed by atoms with Crippen LogP contribution in [0.4, 0.5) is 0 Å². The maximum atomic E-state index is 6.26. The first-order valence-corrected chi connectivity index (χ1v) is 6.02. The third-order valence-electron chi connectivity index (χ3n) is 4.14. The van der Waals surface area contributed by atoms with Gasteiger partial charge in [0.05, 0.1) is 0 Å². The zero-order valence-corrected chi connectivity index (χ0v) is 8.97. The van der Waals surface area contributed by atoms with Crippen molar-refractivity contribution in [1.29, 1.82) is 0 Å². The van der Waals surface area contributed by atoms with Crippen LogP contribution in [0.25, 0.3) is 0 Å². The third-order valence-corrected chi connectivity index (χ3v) is 4.14. The molecule has 0 bridgehead atoms. The van der Waals surface area contributed by atoms with Crippen molar-refractivity contribution in [2.75, 3.05) is 0 Å². The van der Waals surface area contributed by atoms with Gasteiger partial charge < -0.3 is 5.73 Å². The van der Waals surface area contributed by atoms with Crippen molar-refractivity contribution in [3.8, 4) is 0 Å². The van der Waals surface area contributed by atoms with Gasteiger partial charge in [0.2, 0.25) is 0 Å². The van der Waals surface area contributed by atoms with Crippen LogP contribution in [0.1, 0.15) is 25.0 Å². The number of fused-ring (bicyclic) bond motifs is 1. The fourth-order valence-corrected chi connectivity index (χ4v) is 3.41. The number of hydrogen-bond acceptors (Lipinski definition) is 2. The topological polar surface area (TPSA) is 38.9 Å². The second-order valence-electron chi connectivity index (χ2n) is 5.03. The van der Waals surface area contributed by atoms with E-state index in [1.165, 1.54) is 19.3 Å². The highest BCUT2D eigenvalue weighted by Crippen LogP contribution is 2.58. The van der Waals surface area contributed by atoms with Crippen LogP contribution in [0.3, 0.4) is 0 Å². The van der Waals surface area contributed by atoms with E-state index in [-0.39, 0.29) is 0 Å². The molecule has 2 aliphatic rings. The molecular weight excluding hydrogens is 184 g/mol. The Kier molecular flexibility index (Phi) is 2.24. The van der Waals surface area contributed by atoms with Crippen LogP contribution in [0.5, 0.6) is 0 Å². The van der Waals surface area contributed by atoms with Gasteiger partial charge in [0.1, 0.15) is 0 Å². The van der Waals surface area contributed by atoms with Gasteiger partial charge in [-0.25, -0.2) is 0 Å². The Bertz CT molecular complexity index is 326. The molecule has 0 aliphatic heterocycles. The monoisotopic (exact) mass is 202 g/mol. The Balaban J connectivity index is 1.60. The molecule has 3 atom stereocenters. The molecule has 2 aliphatic carbocycles. The summed E-state index contributed by atoms with van der Waals surface area (Å²) >= 11 is 0. The number of rotatable bonds is 3. The predicted octanol–water partition coefficient (Wildman–Crippen LogP) is 2.00. The molecule has 1 aromatic heterocycles. The van der Waals surface area contributed by atoms with E-state index in [0.717, 1.165) is 29.9 Å². The summed E-state index contributed by atoms with van der Waals surface area (Å²) in [6, 6.07) is 6.43. The van der Waals surface area contributed by atoms with Gasteiger partial charge in [0.25, 0.3) is 0 Å². The van der Waals surface area contributed by atoms with E-state index in [1.54, 1.807) is 0 Å². The van der Waals surface area contributed by atoms with E-state index >= 15 is 0 Å². The van der Waals surface area contributed by atoms with Gasteiger partial charge in [-0.15, -0.1) is 0 Å². The second-order valence-corrected chi connectivity index (χ2v) is 5.03. The Labute approximate surface area is 90.9 Å². The molecule has 3 unspecified atom stereocenters. The smallest absolute Gasteiger partial charge is 0.0419 e. The highest BCUT2D eigenvalue weighted by molar-refractivity contribution is 5.11. The summed E-state index contributed by atoms with van der Waals surface area (Å²) in [6.45, 7) is 0. The fourth-order valence-electron chi connectivity index (χ4n) is 3.41. The number of nitrogens with zero attached hydrogens (tertiary/aromatic N) is 1. The summed E-state index contributed by atoms with van der Waals surface area (Å²) in [5, 5.41) is 0. The predicted molar refractivity (Wildman–Crippen MR) is 60.2 cm³/mol. The molecule has 1 aromatic rings. The number of pyridine rings is 1. The SMILES string of the molecule is NC(Cc1ccccn1)C1C2CCCC21. The summed E-state index contributed by atoms with van der Waals surface area (Å²) in [4.78, 5) is 4.34. The van der Waals surface area contributed by atoms with Gasteiger partial charge in [0.15, 0.2) is 0 Å². The van der Waals surface area contributed by atoms with Crippen molar-refractivity contribution >= 4 is 0 Å². The van der Waals surface area contributed by atoms with Crippen LogP contribution < -0.4 is 5.73 Å². The lowest BCUT2D eigenvalue weighted by Crippen LogP contribution is -2.27. The molecule has 2 nitrogen and oxygen atoms in total. The summed E-state index contributed by atoms with van der Waals surface area (Å²) in [6.07, 6.45) is 7.09. The van der Waals surface area contributed by atoms with Crippen LogP contribution in [0.2, 0.25) is 0 Å². The van der Waals surface area contributed by atoms with Crippen LogP contribution in [0, 0.1) is 17.8 Å². The van der Waals surface area contributed by atoms with Crippen molar-refractivity contribution in [2.45, 2.75) is 31.7 Å². The lowest BCUT2D eigenvalue weighted by atomic mass is 10.0. The third kappa shape index (κ3) is 1.67. The molecule has 80 valence electrons. The van der Waals surface area contributed by atoms with Gasteiger partial charge in [-0.3, -0.25) is 4.98 Å². The molecule has 0 amide bonds. The molecular formula is C13H18N2. The van der Waals surface area contributed by atoms with Gasteiger partial charge in [0, 0.05) is 24.4 Å². The molecule has 0 spiro atoms. The van der Waals surface area contributed by atoms with Crippen molar-refractivity contribution in [2.24, 2.45) is 23.5 Å². The van der Waals surface area contributed by atoms with Gasteiger partial charge in [-0.05, 0) is 42.7 Å². The Hall–Kier alpha value is -0.890. The van der Waals surface area contributed by atoms with Crippen molar-refractivity contribution < 1.29 is 0 Å². The van der Waals surface area contributed by atoms with Crippen molar-refractivity contribution in [3.05, 3.63) is 30.1 Å². The van der Waals surface area contributed by atoms with Crippen molar-refractivity contribution in [1.82, 2.24) is 4.98 Å². The average Bonchev–Trinajstić information content (AvgIpc) is 2.75. The molecule has 3 rings (SSSR count). The highest BCUT2D eigenvalue weighted by atomic mass is 14.8. The molecule has 0 saturated heterocycles. The second kappa shape index (κ2) is 3.60. The van der Waals surface area contributed by atoms with Crippen LogP contribution in [-0.4, -0.2) is 11.0 Å². The summed E-state index contributed by atoms with van der Waals surface area (Å²) < 4.78 is 0. The van der Waals surface area contributed by atoms with E-state index < -0.39 is 0 Å². The summed E-state index contributed by atoms with van der Waals surface area (Å²) in [5.41, 5.74) is 7.41. The highest BCUT2D eigenvalue weighted by Gasteiger charge is 2.54. The molecule has 2 fully saturated rings. The minimum Gasteiger partial charge on any atom is -0.327 e. The van der Waals surface area contributed by atoms with Crippen molar-refractivity contribution in [3.63, 3.8) is 0 Å².